The zero-order valence-corrected chi connectivity index (χ0v) is 13.3. The number of hydrogen-bond donors (Lipinski definition) is 3. The molecule has 0 amide bonds. The van der Waals surface area contributed by atoms with E-state index >= 15 is 0 Å². The molecule has 1 aromatic rings. The molecule has 1 aromatic carbocycles. The molecule has 0 unspecified atom stereocenters. The van der Waals surface area contributed by atoms with E-state index in [1.54, 1.807) is 0 Å². The summed E-state index contributed by atoms with van der Waals surface area (Å²) in [4.78, 5) is 0. The first-order valence-corrected chi connectivity index (χ1v) is 7.79. The number of anilines is 1. The third kappa shape index (κ3) is 3.70. The van der Waals surface area contributed by atoms with Crippen molar-refractivity contribution in [3.8, 4) is 0 Å². The number of nitrogens with two attached hydrogens (primary N) is 1. The van der Waals surface area contributed by atoms with Gasteiger partial charge in [0.2, 0.25) is 0 Å². The number of aliphatic hydroxyl groups excluding tert-OH is 1. The van der Waals surface area contributed by atoms with Gasteiger partial charge in [0.15, 0.2) is 0 Å². The van der Waals surface area contributed by atoms with Gasteiger partial charge in [0.1, 0.15) is 0 Å². The van der Waals surface area contributed by atoms with Gasteiger partial charge in [-0.3, -0.25) is 0 Å². The monoisotopic (exact) mass is 377 g/mol. The van der Waals surface area contributed by atoms with Crippen LogP contribution in [-0.2, 0) is 6.54 Å². The zero-order valence-electron chi connectivity index (χ0n) is 10.1. The molecule has 18 heavy (non-hydrogen) atoms. The van der Waals surface area contributed by atoms with Crippen LogP contribution in [0.25, 0.3) is 0 Å². The van der Waals surface area contributed by atoms with Crippen LogP contribution in [0.1, 0.15) is 31.2 Å². The standard InChI is InChI=1S/C13H18Br2N2O/c14-9-5-8(13(16)12(15)6-9)7-17-10-1-3-11(18)4-2-10/h5-6,10-11,17-18H,1-4,7,16H2/i7+1. The average Bonchev–Trinajstić information content (AvgIpc) is 2.34. The molecule has 0 heterocycles. The summed E-state index contributed by atoms with van der Waals surface area (Å²) in [5, 5.41) is 13.0. The Hall–Kier alpha value is -0.100. The van der Waals surface area contributed by atoms with Gasteiger partial charge in [-0.25, -0.2) is 0 Å². The van der Waals surface area contributed by atoms with Gasteiger partial charge < -0.3 is 16.2 Å². The maximum Gasteiger partial charge on any atom is 0.0541 e. The molecule has 1 fully saturated rings. The summed E-state index contributed by atoms with van der Waals surface area (Å²) in [5.41, 5.74) is 7.93. The van der Waals surface area contributed by atoms with Gasteiger partial charge in [0, 0.05) is 21.5 Å². The van der Waals surface area contributed by atoms with Gasteiger partial charge in [-0.1, -0.05) is 15.9 Å². The van der Waals surface area contributed by atoms with E-state index in [2.05, 4.69) is 37.2 Å². The van der Waals surface area contributed by atoms with Gasteiger partial charge in [-0.2, -0.15) is 0 Å². The Labute approximate surface area is 124 Å². The Balaban J connectivity index is 1.94. The Kier molecular flexibility index (Phi) is 5.06. The van der Waals surface area contributed by atoms with Gasteiger partial charge in [-0.05, 0) is 59.3 Å². The predicted molar refractivity (Wildman–Crippen MR) is 81.4 cm³/mol. The summed E-state index contributed by atoms with van der Waals surface area (Å²) in [6, 6.07) is 4.49. The topological polar surface area (TPSA) is 58.3 Å². The van der Waals surface area contributed by atoms with Crippen LogP contribution in [0.15, 0.2) is 21.1 Å². The maximum atomic E-state index is 9.47. The molecular formula is C13H18Br2N2O. The molecule has 3 nitrogen and oxygen atoms in total. The second kappa shape index (κ2) is 6.37. The summed E-state index contributed by atoms with van der Waals surface area (Å²) in [7, 11) is 0. The first kappa shape index (κ1) is 14.3. The highest BCUT2D eigenvalue weighted by Crippen LogP contribution is 2.28. The molecule has 0 spiro atoms. The predicted octanol–water partition coefficient (Wildman–Crippen LogP) is 3.19. The largest absolute Gasteiger partial charge is 0.398 e. The van der Waals surface area contributed by atoms with Crippen LogP contribution in [0.2, 0.25) is 0 Å². The summed E-state index contributed by atoms with van der Waals surface area (Å²) >= 11 is 6.93. The second-order valence-electron chi connectivity index (χ2n) is 4.85. The molecule has 100 valence electrons. The van der Waals surface area contributed by atoms with E-state index in [0.717, 1.165) is 52.4 Å². The van der Waals surface area contributed by atoms with Crippen molar-refractivity contribution in [2.45, 2.75) is 44.4 Å². The van der Waals surface area contributed by atoms with Crippen molar-refractivity contribution in [1.29, 1.82) is 0 Å². The smallest absolute Gasteiger partial charge is 0.0541 e. The number of nitrogen functional groups attached to an aromatic ring is 1. The normalized spacial score (nSPS) is 24.2. The quantitative estimate of drug-likeness (QED) is 0.559. The molecule has 2 rings (SSSR count). The number of hydrogen-bond acceptors (Lipinski definition) is 3. The zero-order chi connectivity index (χ0) is 13.1. The van der Waals surface area contributed by atoms with Gasteiger partial charge in [-0.15, -0.1) is 0 Å². The molecule has 5 heteroatoms. The molecule has 0 atom stereocenters. The fourth-order valence-electron chi connectivity index (χ4n) is 2.32. The third-order valence-corrected chi connectivity index (χ3v) is 4.57. The summed E-state index contributed by atoms with van der Waals surface area (Å²) in [6.07, 6.45) is 3.77. The van der Waals surface area contributed by atoms with Crippen LogP contribution in [0.4, 0.5) is 5.69 Å². The van der Waals surface area contributed by atoms with E-state index in [4.69, 9.17) is 5.73 Å². The minimum absolute atomic E-state index is 0.104. The Morgan fingerprint density at radius 3 is 2.56 bits per heavy atom. The van der Waals surface area contributed by atoms with Crippen LogP contribution >= 0.6 is 31.9 Å². The fourth-order valence-corrected chi connectivity index (χ4v) is 3.63. The molecule has 0 saturated heterocycles. The third-order valence-electron chi connectivity index (χ3n) is 3.46. The Morgan fingerprint density at radius 2 is 1.89 bits per heavy atom. The molecular weight excluding hydrogens is 361 g/mol. The highest BCUT2D eigenvalue weighted by molar-refractivity contribution is 9.11. The van der Waals surface area contributed by atoms with Gasteiger partial charge >= 0.3 is 0 Å². The molecule has 0 bridgehead atoms. The van der Waals surface area contributed by atoms with Gasteiger partial charge in [0.25, 0.3) is 0 Å². The highest BCUT2D eigenvalue weighted by atomic mass is 79.9. The first-order valence-electron chi connectivity index (χ1n) is 6.21. The lowest BCUT2D eigenvalue weighted by atomic mass is 9.93. The molecule has 1 aliphatic rings. The SMILES string of the molecule is Nc1c(Br)cc(Br)cc1[13CH2]NC1CCC(O)CC1. The van der Waals surface area contributed by atoms with Crippen molar-refractivity contribution in [2.75, 3.05) is 5.73 Å². The van der Waals surface area contributed by atoms with Crippen LogP contribution in [-0.4, -0.2) is 17.3 Å². The van der Waals surface area contributed by atoms with Crippen molar-refractivity contribution < 1.29 is 5.11 Å². The highest BCUT2D eigenvalue weighted by Gasteiger charge is 2.19. The van der Waals surface area contributed by atoms with E-state index in [-0.39, 0.29) is 6.10 Å². The van der Waals surface area contributed by atoms with Crippen molar-refractivity contribution in [2.24, 2.45) is 0 Å². The van der Waals surface area contributed by atoms with Crippen LogP contribution < -0.4 is 11.1 Å². The minimum atomic E-state index is -0.104. The average molecular weight is 379 g/mol. The van der Waals surface area contributed by atoms with E-state index < -0.39 is 0 Å². The van der Waals surface area contributed by atoms with E-state index in [9.17, 15) is 5.11 Å². The number of rotatable bonds is 3. The second-order valence-corrected chi connectivity index (χ2v) is 6.62. The number of benzene rings is 1. The maximum absolute atomic E-state index is 9.47. The van der Waals surface area contributed by atoms with Crippen molar-refractivity contribution >= 4 is 37.5 Å². The lowest BCUT2D eigenvalue weighted by Gasteiger charge is -2.26. The van der Waals surface area contributed by atoms with E-state index in [1.807, 2.05) is 12.1 Å². The van der Waals surface area contributed by atoms with Crippen LogP contribution in [0.3, 0.4) is 0 Å². The minimum Gasteiger partial charge on any atom is -0.398 e. The molecule has 0 aliphatic heterocycles. The lowest BCUT2D eigenvalue weighted by Crippen LogP contribution is -2.34. The van der Waals surface area contributed by atoms with E-state index in [1.165, 1.54) is 0 Å². The molecule has 0 aromatic heterocycles. The number of nitrogens with one attached hydrogen (secondary N) is 1. The molecule has 1 saturated carbocycles. The summed E-state index contributed by atoms with van der Waals surface area (Å²) in [6.45, 7) is 0.768. The van der Waals surface area contributed by atoms with Crippen molar-refractivity contribution in [1.82, 2.24) is 5.32 Å². The molecule has 0 radical (unpaired) electrons. The first-order chi connectivity index (χ1) is 8.56. The Bertz CT molecular complexity index is 418. The Morgan fingerprint density at radius 1 is 1.22 bits per heavy atom. The number of aliphatic hydroxyl groups is 1. The molecule has 1 aliphatic carbocycles. The van der Waals surface area contributed by atoms with Crippen LogP contribution in [0, 0.1) is 0 Å². The summed E-state index contributed by atoms with van der Waals surface area (Å²) in [5.74, 6) is 0. The summed E-state index contributed by atoms with van der Waals surface area (Å²) < 4.78 is 1.95. The van der Waals surface area contributed by atoms with E-state index in [0.29, 0.717) is 6.04 Å². The molecule has 4 N–H and O–H groups in total. The fraction of sp³-hybridized carbons (Fsp3) is 0.538. The van der Waals surface area contributed by atoms with Crippen molar-refractivity contribution in [3.63, 3.8) is 0 Å². The van der Waals surface area contributed by atoms with Gasteiger partial charge in [0.05, 0.1) is 11.8 Å². The van der Waals surface area contributed by atoms with Crippen molar-refractivity contribution in [3.05, 3.63) is 26.6 Å². The number of halogens is 2. The lowest BCUT2D eigenvalue weighted by molar-refractivity contribution is 0.116. The van der Waals surface area contributed by atoms with Crippen LogP contribution in [0.5, 0.6) is 0 Å².